The van der Waals surface area contributed by atoms with E-state index < -0.39 is 0 Å². The van der Waals surface area contributed by atoms with Crippen LogP contribution in [0.25, 0.3) is 10.2 Å². The highest BCUT2D eigenvalue weighted by molar-refractivity contribution is 7.21. The minimum atomic E-state index is -0.361. The molecule has 0 aromatic carbocycles. The lowest BCUT2D eigenvalue weighted by Crippen LogP contribution is -2.51. The van der Waals surface area contributed by atoms with Gasteiger partial charge in [-0.1, -0.05) is 0 Å². The number of aryl methyl sites for hydroxylation is 2. The zero-order valence-electron chi connectivity index (χ0n) is 20.2. The van der Waals surface area contributed by atoms with Gasteiger partial charge in [0.25, 0.3) is 5.91 Å². The minimum absolute atomic E-state index is 0.116. The van der Waals surface area contributed by atoms with Crippen LogP contribution in [0.1, 0.15) is 52.4 Å². The Balaban J connectivity index is 1.17. The average molecular weight is 512 g/mol. The van der Waals surface area contributed by atoms with Crippen LogP contribution in [0.3, 0.4) is 0 Å². The van der Waals surface area contributed by atoms with Crippen molar-refractivity contribution >= 4 is 39.0 Å². The summed E-state index contributed by atoms with van der Waals surface area (Å²) < 4.78 is 21.4. The van der Waals surface area contributed by atoms with E-state index in [1.54, 1.807) is 13.1 Å². The SMILES string of the molecule is Cc1ncc2c(N)c(C(=O)NC3CCc4nc(N5CC(N)C6(CCCCO6)C5)cc(F)c4C3)sc2n1. The number of hydrogen-bond donors (Lipinski definition) is 3. The molecule has 3 aromatic rings. The van der Waals surface area contributed by atoms with Gasteiger partial charge < -0.3 is 26.4 Å². The van der Waals surface area contributed by atoms with Crippen molar-refractivity contribution in [2.45, 2.75) is 63.1 Å². The maximum atomic E-state index is 15.3. The molecule has 36 heavy (non-hydrogen) atoms. The first kappa shape index (κ1) is 23.5. The lowest BCUT2D eigenvalue weighted by molar-refractivity contribution is -0.0717. The second kappa shape index (κ2) is 8.89. The van der Waals surface area contributed by atoms with Crippen molar-refractivity contribution in [2.75, 3.05) is 30.3 Å². The fourth-order valence-electron chi connectivity index (χ4n) is 5.72. The molecular weight excluding hydrogens is 481 g/mol. The number of nitrogens with two attached hydrogens (primary N) is 2. The zero-order valence-corrected chi connectivity index (χ0v) is 21.0. The number of nitrogens with one attached hydrogen (secondary N) is 1. The molecule has 190 valence electrons. The molecule has 2 saturated heterocycles. The van der Waals surface area contributed by atoms with Crippen LogP contribution >= 0.6 is 11.3 Å². The second-order valence-corrected chi connectivity index (χ2v) is 11.1. The third kappa shape index (κ3) is 3.99. The second-order valence-electron chi connectivity index (χ2n) is 10.1. The Morgan fingerprint density at radius 1 is 1.36 bits per heavy atom. The van der Waals surface area contributed by atoms with Crippen molar-refractivity contribution in [2.24, 2.45) is 5.73 Å². The highest BCUT2D eigenvalue weighted by Crippen LogP contribution is 2.37. The Labute approximate surface area is 212 Å². The summed E-state index contributed by atoms with van der Waals surface area (Å²) in [6.45, 7) is 3.76. The van der Waals surface area contributed by atoms with Gasteiger partial charge in [0.05, 0.1) is 23.7 Å². The molecular formula is C25H30FN7O2S. The largest absolute Gasteiger partial charge is 0.397 e. The van der Waals surface area contributed by atoms with E-state index in [4.69, 9.17) is 21.2 Å². The Bertz CT molecular complexity index is 1340. The van der Waals surface area contributed by atoms with Crippen molar-refractivity contribution in [1.29, 1.82) is 0 Å². The molecule has 2 aliphatic heterocycles. The molecule has 0 bridgehead atoms. The smallest absolute Gasteiger partial charge is 0.263 e. The number of carbonyl (C=O) groups excluding carboxylic acids is 1. The fourth-order valence-corrected chi connectivity index (χ4v) is 6.74. The first-order valence-corrected chi connectivity index (χ1v) is 13.3. The lowest BCUT2D eigenvalue weighted by atomic mass is 9.89. The number of fused-ring (bicyclic) bond motifs is 2. The molecule has 0 radical (unpaired) electrons. The van der Waals surface area contributed by atoms with Crippen LogP contribution < -0.4 is 21.7 Å². The Kier molecular flexibility index (Phi) is 5.81. The van der Waals surface area contributed by atoms with Crippen molar-refractivity contribution in [3.63, 3.8) is 0 Å². The predicted molar refractivity (Wildman–Crippen MR) is 137 cm³/mol. The summed E-state index contributed by atoms with van der Waals surface area (Å²) in [5.74, 6) is 0.680. The van der Waals surface area contributed by atoms with E-state index in [2.05, 4.69) is 20.2 Å². The Morgan fingerprint density at radius 2 is 2.22 bits per heavy atom. The molecule has 3 aliphatic rings. The van der Waals surface area contributed by atoms with Gasteiger partial charge in [0, 0.05) is 42.7 Å². The first-order valence-electron chi connectivity index (χ1n) is 12.5. The molecule has 9 nitrogen and oxygen atoms in total. The number of ether oxygens (including phenoxy) is 1. The number of rotatable bonds is 3. The third-order valence-corrected chi connectivity index (χ3v) is 8.84. The standard InChI is InChI=1S/C25H30FN7O2S/c1-13-29-10-16-21(28)22(36-24(16)30-13)23(34)31-14-4-5-18-15(8-14)17(26)9-20(32-18)33-11-19(27)25(12-33)6-2-3-7-35-25/h9-10,14,19H,2-8,11-12,27-28H2,1H3,(H,31,34). The normalized spacial score (nSPS) is 25.9. The summed E-state index contributed by atoms with van der Waals surface area (Å²) >= 11 is 1.25. The van der Waals surface area contributed by atoms with E-state index in [-0.39, 0.29) is 29.4 Å². The van der Waals surface area contributed by atoms with Crippen molar-refractivity contribution in [3.05, 3.63) is 40.0 Å². The topological polar surface area (TPSA) is 132 Å². The number of pyridine rings is 1. The van der Waals surface area contributed by atoms with Crippen molar-refractivity contribution in [1.82, 2.24) is 20.3 Å². The van der Waals surface area contributed by atoms with Gasteiger partial charge in [-0.3, -0.25) is 4.79 Å². The van der Waals surface area contributed by atoms with Crippen LogP contribution in [-0.4, -0.2) is 58.2 Å². The monoisotopic (exact) mass is 511 g/mol. The lowest BCUT2D eigenvalue weighted by Gasteiger charge is -2.36. The molecule has 11 heteroatoms. The van der Waals surface area contributed by atoms with Crippen LogP contribution in [-0.2, 0) is 17.6 Å². The van der Waals surface area contributed by atoms with Gasteiger partial charge in [0.2, 0.25) is 0 Å². The summed E-state index contributed by atoms with van der Waals surface area (Å²) in [7, 11) is 0. The molecule has 6 rings (SSSR count). The quantitative estimate of drug-likeness (QED) is 0.489. The number of halogens is 1. The predicted octanol–water partition coefficient (Wildman–Crippen LogP) is 2.49. The molecule has 0 saturated carbocycles. The number of thiophene rings is 1. The maximum Gasteiger partial charge on any atom is 0.263 e. The van der Waals surface area contributed by atoms with Crippen LogP contribution in [0.15, 0.2) is 12.3 Å². The molecule has 3 unspecified atom stereocenters. The first-order chi connectivity index (χ1) is 17.3. The van der Waals surface area contributed by atoms with Crippen LogP contribution in [0.5, 0.6) is 0 Å². The van der Waals surface area contributed by atoms with E-state index in [0.717, 1.165) is 31.6 Å². The molecule has 3 aromatic heterocycles. The van der Waals surface area contributed by atoms with E-state index >= 15 is 4.39 Å². The van der Waals surface area contributed by atoms with E-state index in [1.807, 2.05) is 0 Å². The van der Waals surface area contributed by atoms with Crippen LogP contribution in [0.4, 0.5) is 15.9 Å². The highest BCUT2D eigenvalue weighted by atomic mass is 32.1. The van der Waals surface area contributed by atoms with Gasteiger partial charge in [-0.15, -0.1) is 11.3 Å². The molecule has 5 N–H and O–H groups in total. The molecule has 1 amide bonds. The summed E-state index contributed by atoms with van der Waals surface area (Å²) in [6.07, 6.45) is 6.36. The Hall–Kier alpha value is -2.89. The number of aromatic nitrogens is 3. The molecule has 5 heterocycles. The van der Waals surface area contributed by atoms with Gasteiger partial charge in [-0.05, 0) is 45.4 Å². The molecule has 1 spiro atoms. The molecule has 2 fully saturated rings. The van der Waals surface area contributed by atoms with Crippen LogP contribution in [0.2, 0.25) is 0 Å². The van der Waals surface area contributed by atoms with Gasteiger partial charge >= 0.3 is 0 Å². The van der Waals surface area contributed by atoms with Crippen molar-refractivity contribution in [3.8, 4) is 0 Å². The molecule has 3 atom stereocenters. The summed E-state index contributed by atoms with van der Waals surface area (Å²) in [6, 6.07) is 1.18. The summed E-state index contributed by atoms with van der Waals surface area (Å²) in [5.41, 5.74) is 14.0. The summed E-state index contributed by atoms with van der Waals surface area (Å²) in [4.78, 5) is 29.5. The summed E-state index contributed by atoms with van der Waals surface area (Å²) in [5, 5.41) is 3.71. The average Bonchev–Trinajstić information content (AvgIpc) is 3.36. The maximum absolute atomic E-state index is 15.3. The molecule has 1 aliphatic carbocycles. The Morgan fingerprint density at radius 3 is 3.03 bits per heavy atom. The van der Waals surface area contributed by atoms with E-state index in [0.29, 0.717) is 70.3 Å². The zero-order chi connectivity index (χ0) is 25.0. The number of hydrogen-bond acceptors (Lipinski definition) is 9. The minimum Gasteiger partial charge on any atom is -0.397 e. The van der Waals surface area contributed by atoms with E-state index in [1.165, 1.54) is 17.4 Å². The third-order valence-electron chi connectivity index (χ3n) is 7.73. The highest BCUT2D eigenvalue weighted by Gasteiger charge is 2.47. The van der Waals surface area contributed by atoms with Crippen LogP contribution in [0, 0.1) is 12.7 Å². The number of anilines is 2. The van der Waals surface area contributed by atoms with Gasteiger partial charge in [0.15, 0.2) is 0 Å². The van der Waals surface area contributed by atoms with Gasteiger partial charge in [0.1, 0.15) is 32.8 Å². The van der Waals surface area contributed by atoms with Crippen molar-refractivity contribution < 1.29 is 13.9 Å². The number of nitrogen functional groups attached to an aromatic ring is 1. The fraction of sp³-hybridized carbons (Fsp3) is 0.520. The number of amides is 1. The number of carbonyl (C=O) groups is 1. The van der Waals surface area contributed by atoms with Gasteiger partial charge in [-0.25, -0.2) is 19.3 Å². The number of nitrogens with zero attached hydrogens (tertiary/aromatic N) is 4. The van der Waals surface area contributed by atoms with Gasteiger partial charge in [-0.2, -0.15) is 0 Å². The van der Waals surface area contributed by atoms with E-state index in [9.17, 15) is 4.79 Å².